The topological polar surface area (TPSA) is 35.6 Å². The molecule has 3 fully saturated rings. The fourth-order valence-corrected chi connectivity index (χ4v) is 4.45. The number of benzene rings is 1. The van der Waals surface area contributed by atoms with Crippen molar-refractivity contribution in [2.24, 2.45) is 5.92 Å². The first-order chi connectivity index (χ1) is 13.1. The van der Waals surface area contributed by atoms with Gasteiger partial charge in [0.05, 0.1) is 5.92 Å². The predicted octanol–water partition coefficient (Wildman–Crippen LogP) is 2.92. The van der Waals surface area contributed by atoms with E-state index in [-0.39, 0.29) is 23.5 Å². The average molecular weight is 377 g/mol. The van der Waals surface area contributed by atoms with Gasteiger partial charge in [-0.15, -0.1) is 0 Å². The largest absolute Gasteiger partial charge is 0.353 e. The normalized spacial score (nSPS) is 25.5. The molecule has 2 saturated heterocycles. The minimum absolute atomic E-state index is 0.124. The van der Waals surface area contributed by atoms with Gasteiger partial charge in [-0.3, -0.25) is 14.6 Å². The van der Waals surface area contributed by atoms with E-state index in [0.717, 1.165) is 70.8 Å². The van der Waals surface area contributed by atoms with Crippen LogP contribution in [0, 0.1) is 17.6 Å². The van der Waals surface area contributed by atoms with Gasteiger partial charge >= 0.3 is 0 Å². The molecule has 4 rings (SSSR count). The van der Waals surface area contributed by atoms with Crippen LogP contribution in [0.5, 0.6) is 0 Å². The Hall–Kier alpha value is -1.53. The van der Waals surface area contributed by atoms with Crippen molar-refractivity contribution < 1.29 is 13.6 Å². The third-order valence-electron chi connectivity index (χ3n) is 6.22. The molecule has 148 valence electrons. The number of rotatable bonds is 5. The summed E-state index contributed by atoms with van der Waals surface area (Å²) in [4.78, 5) is 17.1. The molecule has 2 heterocycles. The van der Waals surface area contributed by atoms with E-state index in [0.29, 0.717) is 24.2 Å². The van der Waals surface area contributed by atoms with Crippen molar-refractivity contribution in [1.29, 1.82) is 0 Å². The molecule has 1 amide bonds. The number of hydrogen-bond donors (Lipinski definition) is 1. The van der Waals surface area contributed by atoms with E-state index in [4.69, 9.17) is 0 Å². The molecule has 1 aliphatic carbocycles. The second-order valence-corrected chi connectivity index (χ2v) is 8.36. The van der Waals surface area contributed by atoms with Crippen LogP contribution in [-0.2, 0) is 11.3 Å². The van der Waals surface area contributed by atoms with Gasteiger partial charge in [-0.1, -0.05) is 0 Å². The lowest BCUT2D eigenvalue weighted by atomic mass is 9.93. The number of likely N-dealkylation sites (tertiary alicyclic amines) is 2. The van der Waals surface area contributed by atoms with Crippen molar-refractivity contribution in [2.75, 3.05) is 26.2 Å². The molecule has 0 bridgehead atoms. The van der Waals surface area contributed by atoms with Crippen LogP contribution < -0.4 is 5.32 Å². The lowest BCUT2D eigenvalue weighted by molar-refractivity contribution is -0.127. The van der Waals surface area contributed by atoms with Crippen LogP contribution in [0.25, 0.3) is 0 Å². The third-order valence-corrected chi connectivity index (χ3v) is 6.22. The zero-order valence-corrected chi connectivity index (χ0v) is 15.8. The van der Waals surface area contributed by atoms with E-state index in [1.54, 1.807) is 0 Å². The fourth-order valence-electron chi connectivity index (χ4n) is 4.45. The molecule has 0 unspecified atom stereocenters. The SMILES string of the molecule is O=C(NC1CC1)[C@@H]1CCCN(C2CCN(Cc3cc(F)ccc3F)CC2)C1. The summed E-state index contributed by atoms with van der Waals surface area (Å²) in [6, 6.07) is 4.60. The molecule has 1 aromatic carbocycles. The van der Waals surface area contributed by atoms with Crippen molar-refractivity contribution in [3.05, 3.63) is 35.4 Å². The standard InChI is InChI=1S/C21H29F2N3O/c22-17-3-6-20(23)16(12-17)13-25-10-7-19(8-11-25)26-9-1-2-15(14-26)21(27)24-18-4-5-18/h3,6,12,15,18-19H,1-2,4-5,7-11,13-14H2,(H,24,27)/t15-/m1/s1. The maximum absolute atomic E-state index is 13.9. The minimum atomic E-state index is -0.384. The van der Waals surface area contributed by atoms with Gasteiger partial charge in [-0.05, 0) is 76.4 Å². The summed E-state index contributed by atoms with van der Waals surface area (Å²) in [6.45, 7) is 4.16. The van der Waals surface area contributed by atoms with Gasteiger partial charge in [0.2, 0.25) is 5.91 Å². The van der Waals surface area contributed by atoms with Gasteiger partial charge < -0.3 is 5.32 Å². The van der Waals surface area contributed by atoms with Crippen molar-refractivity contribution >= 4 is 5.91 Å². The quantitative estimate of drug-likeness (QED) is 0.857. The van der Waals surface area contributed by atoms with E-state index in [2.05, 4.69) is 15.1 Å². The number of nitrogens with zero attached hydrogens (tertiary/aromatic N) is 2. The molecule has 1 aromatic rings. The molecular formula is C21H29F2N3O. The number of nitrogens with one attached hydrogen (secondary N) is 1. The van der Waals surface area contributed by atoms with Gasteiger partial charge in [-0.25, -0.2) is 8.78 Å². The first-order valence-corrected chi connectivity index (χ1v) is 10.3. The highest BCUT2D eigenvalue weighted by atomic mass is 19.1. The van der Waals surface area contributed by atoms with Crippen LogP contribution >= 0.6 is 0 Å². The van der Waals surface area contributed by atoms with Gasteiger partial charge in [0, 0.05) is 30.7 Å². The molecule has 1 N–H and O–H groups in total. The fraction of sp³-hybridized carbons (Fsp3) is 0.667. The Bertz CT molecular complexity index is 671. The highest BCUT2D eigenvalue weighted by molar-refractivity contribution is 5.79. The predicted molar refractivity (Wildman–Crippen MR) is 100 cm³/mol. The van der Waals surface area contributed by atoms with Crippen LogP contribution in [0.3, 0.4) is 0 Å². The van der Waals surface area contributed by atoms with Crippen molar-refractivity contribution in [3.63, 3.8) is 0 Å². The van der Waals surface area contributed by atoms with Crippen LogP contribution in [0.15, 0.2) is 18.2 Å². The van der Waals surface area contributed by atoms with Crippen LogP contribution in [0.1, 0.15) is 44.1 Å². The Morgan fingerprint density at radius 2 is 1.85 bits per heavy atom. The van der Waals surface area contributed by atoms with Crippen molar-refractivity contribution in [3.8, 4) is 0 Å². The number of carbonyl (C=O) groups is 1. The Morgan fingerprint density at radius 3 is 2.59 bits per heavy atom. The Labute approximate surface area is 159 Å². The molecule has 6 heteroatoms. The lowest BCUT2D eigenvalue weighted by Gasteiger charge is -2.42. The minimum Gasteiger partial charge on any atom is -0.353 e. The third kappa shape index (κ3) is 4.85. The molecule has 27 heavy (non-hydrogen) atoms. The molecule has 0 radical (unpaired) electrons. The zero-order chi connectivity index (χ0) is 18.8. The first kappa shape index (κ1) is 18.8. The maximum Gasteiger partial charge on any atom is 0.224 e. The van der Waals surface area contributed by atoms with E-state index >= 15 is 0 Å². The summed E-state index contributed by atoms with van der Waals surface area (Å²) in [5.74, 6) is -0.357. The number of halogens is 2. The summed E-state index contributed by atoms with van der Waals surface area (Å²) in [6.07, 6.45) is 6.38. The summed E-state index contributed by atoms with van der Waals surface area (Å²) >= 11 is 0. The first-order valence-electron chi connectivity index (χ1n) is 10.3. The molecule has 0 spiro atoms. The number of carbonyl (C=O) groups excluding carboxylic acids is 1. The molecule has 1 saturated carbocycles. The Morgan fingerprint density at radius 1 is 1.07 bits per heavy atom. The Balaban J connectivity index is 1.27. The van der Waals surface area contributed by atoms with Gasteiger partial charge in [0.15, 0.2) is 0 Å². The van der Waals surface area contributed by atoms with Gasteiger partial charge in [0.1, 0.15) is 11.6 Å². The van der Waals surface area contributed by atoms with Crippen molar-refractivity contribution in [1.82, 2.24) is 15.1 Å². The smallest absolute Gasteiger partial charge is 0.224 e. The average Bonchev–Trinajstić information content (AvgIpc) is 3.49. The van der Waals surface area contributed by atoms with Crippen molar-refractivity contribution in [2.45, 2.75) is 57.2 Å². The second kappa shape index (κ2) is 8.23. The molecule has 0 aromatic heterocycles. The number of hydrogen-bond acceptors (Lipinski definition) is 3. The maximum atomic E-state index is 13.9. The summed E-state index contributed by atoms with van der Waals surface area (Å²) in [5, 5.41) is 3.15. The van der Waals surface area contributed by atoms with Crippen LogP contribution in [0.4, 0.5) is 8.78 Å². The highest BCUT2D eigenvalue weighted by Gasteiger charge is 2.33. The second-order valence-electron chi connectivity index (χ2n) is 8.36. The van der Waals surface area contributed by atoms with E-state index < -0.39 is 0 Å². The zero-order valence-electron chi connectivity index (χ0n) is 15.8. The molecule has 2 aliphatic heterocycles. The summed E-state index contributed by atoms with van der Waals surface area (Å²) in [7, 11) is 0. The van der Waals surface area contributed by atoms with Crippen LogP contribution in [-0.4, -0.2) is 54.0 Å². The molecule has 1 atom stereocenters. The lowest BCUT2D eigenvalue weighted by Crippen LogP contribution is -2.50. The van der Waals surface area contributed by atoms with Crippen LogP contribution in [0.2, 0.25) is 0 Å². The molecule has 4 nitrogen and oxygen atoms in total. The van der Waals surface area contributed by atoms with E-state index in [9.17, 15) is 13.6 Å². The van der Waals surface area contributed by atoms with E-state index in [1.165, 1.54) is 12.1 Å². The monoisotopic (exact) mass is 377 g/mol. The Kier molecular flexibility index (Phi) is 5.74. The van der Waals surface area contributed by atoms with Gasteiger partial charge in [0.25, 0.3) is 0 Å². The highest BCUT2D eigenvalue weighted by Crippen LogP contribution is 2.26. The summed E-state index contributed by atoms with van der Waals surface area (Å²) < 4.78 is 27.2. The molecule has 3 aliphatic rings. The van der Waals surface area contributed by atoms with E-state index in [1.807, 2.05) is 0 Å². The van der Waals surface area contributed by atoms with Gasteiger partial charge in [-0.2, -0.15) is 0 Å². The summed E-state index contributed by atoms with van der Waals surface area (Å²) in [5.41, 5.74) is 0.434. The molecular weight excluding hydrogens is 348 g/mol. The number of piperidine rings is 2. The number of amides is 1.